The molecular formula is C16H16N4O3S. The molecule has 1 aromatic rings. The lowest BCUT2D eigenvalue weighted by Crippen LogP contribution is -2.41. The Kier molecular flexibility index (Phi) is 7.89. The van der Waals surface area contributed by atoms with Crippen molar-refractivity contribution >= 4 is 29.3 Å². The van der Waals surface area contributed by atoms with Crippen LogP contribution in [0.25, 0.3) is 0 Å². The molecule has 1 rings (SSSR count). The van der Waals surface area contributed by atoms with Crippen molar-refractivity contribution in [2.75, 3.05) is 17.3 Å². The van der Waals surface area contributed by atoms with E-state index in [1.54, 1.807) is 30.3 Å². The zero-order chi connectivity index (χ0) is 17.9. The summed E-state index contributed by atoms with van der Waals surface area (Å²) in [6.45, 7) is 0. The molecule has 0 saturated heterocycles. The topological polar surface area (TPSA) is 126 Å². The normalized spacial score (nSPS) is 11.7. The number of carbonyl (C=O) groups is 2. The number of nitrogens with zero attached hydrogens (tertiary/aromatic N) is 2. The van der Waals surface area contributed by atoms with Crippen molar-refractivity contribution in [3.63, 3.8) is 0 Å². The molecular weight excluding hydrogens is 328 g/mol. The van der Waals surface area contributed by atoms with Crippen LogP contribution in [-0.2, 0) is 9.59 Å². The van der Waals surface area contributed by atoms with Gasteiger partial charge in [-0.2, -0.15) is 22.3 Å². The maximum Gasteiger partial charge on any atom is 0.326 e. The van der Waals surface area contributed by atoms with Crippen LogP contribution in [0.2, 0.25) is 0 Å². The maximum absolute atomic E-state index is 12.1. The standard InChI is InChI=1S/C16H16N4O3S/c1-24-7-6-14(16(22)23)20-15(21)12(9-18)10-19-13-5-3-2-4-11(13)8-17/h2-5,10,14,19H,6-7H2,1H3,(H,20,21)(H,22,23)/b12-10-. The monoisotopic (exact) mass is 344 g/mol. The molecule has 3 N–H and O–H groups in total. The highest BCUT2D eigenvalue weighted by atomic mass is 32.2. The van der Waals surface area contributed by atoms with Gasteiger partial charge in [-0.15, -0.1) is 0 Å². The number of hydrogen-bond donors (Lipinski definition) is 3. The van der Waals surface area contributed by atoms with E-state index < -0.39 is 17.9 Å². The van der Waals surface area contributed by atoms with Crippen LogP contribution in [-0.4, -0.2) is 35.0 Å². The van der Waals surface area contributed by atoms with E-state index in [9.17, 15) is 9.59 Å². The largest absolute Gasteiger partial charge is 0.480 e. The van der Waals surface area contributed by atoms with Crippen molar-refractivity contribution in [1.29, 1.82) is 10.5 Å². The van der Waals surface area contributed by atoms with E-state index in [2.05, 4.69) is 10.6 Å². The SMILES string of the molecule is CSCCC(NC(=O)/C(C#N)=C\Nc1ccccc1C#N)C(=O)O. The number of anilines is 1. The molecule has 0 radical (unpaired) electrons. The van der Waals surface area contributed by atoms with Gasteiger partial charge in [-0.05, 0) is 30.6 Å². The molecule has 0 saturated carbocycles. The summed E-state index contributed by atoms with van der Waals surface area (Å²) in [6, 6.07) is 9.24. The van der Waals surface area contributed by atoms with Gasteiger partial charge in [0.05, 0.1) is 11.3 Å². The predicted octanol–water partition coefficient (Wildman–Crippen LogP) is 1.70. The number of amides is 1. The van der Waals surface area contributed by atoms with Crippen LogP contribution in [0.3, 0.4) is 0 Å². The van der Waals surface area contributed by atoms with E-state index >= 15 is 0 Å². The summed E-state index contributed by atoms with van der Waals surface area (Å²) < 4.78 is 0. The summed E-state index contributed by atoms with van der Waals surface area (Å²) in [7, 11) is 0. The van der Waals surface area contributed by atoms with Crippen molar-refractivity contribution in [2.45, 2.75) is 12.5 Å². The Morgan fingerprint density at radius 2 is 2.08 bits per heavy atom. The molecule has 0 aliphatic rings. The van der Waals surface area contributed by atoms with Crippen molar-refractivity contribution < 1.29 is 14.7 Å². The summed E-state index contributed by atoms with van der Waals surface area (Å²) in [4.78, 5) is 23.2. The molecule has 0 spiro atoms. The first-order chi connectivity index (χ1) is 11.5. The van der Waals surface area contributed by atoms with E-state index in [1.807, 2.05) is 12.3 Å². The maximum atomic E-state index is 12.1. The number of aliphatic carboxylic acids is 1. The first-order valence-corrected chi connectivity index (χ1v) is 8.31. The number of benzene rings is 1. The molecule has 24 heavy (non-hydrogen) atoms. The second-order valence-corrected chi connectivity index (χ2v) is 5.60. The lowest BCUT2D eigenvalue weighted by Gasteiger charge is -2.13. The fourth-order valence-electron chi connectivity index (χ4n) is 1.73. The summed E-state index contributed by atoms with van der Waals surface area (Å²) >= 11 is 1.46. The van der Waals surface area contributed by atoms with Gasteiger partial charge in [-0.25, -0.2) is 4.79 Å². The molecule has 0 heterocycles. The van der Waals surface area contributed by atoms with Gasteiger partial charge >= 0.3 is 5.97 Å². The number of carbonyl (C=O) groups excluding carboxylic acids is 1. The van der Waals surface area contributed by atoms with E-state index in [-0.39, 0.29) is 12.0 Å². The molecule has 1 aromatic carbocycles. The second-order valence-electron chi connectivity index (χ2n) is 4.62. The van der Waals surface area contributed by atoms with Crippen molar-refractivity contribution in [3.05, 3.63) is 41.6 Å². The zero-order valence-electron chi connectivity index (χ0n) is 12.9. The Labute approximate surface area is 144 Å². The van der Waals surface area contributed by atoms with Gasteiger partial charge in [0.1, 0.15) is 23.8 Å². The highest BCUT2D eigenvalue weighted by Crippen LogP contribution is 2.14. The molecule has 0 aliphatic heterocycles. The van der Waals surface area contributed by atoms with Crippen LogP contribution in [0.5, 0.6) is 0 Å². The first kappa shape index (κ1) is 19.1. The minimum Gasteiger partial charge on any atom is -0.480 e. The summed E-state index contributed by atoms with van der Waals surface area (Å²) in [5.41, 5.74) is 0.519. The molecule has 0 fully saturated rings. The second kappa shape index (κ2) is 9.93. The molecule has 0 aliphatic carbocycles. The highest BCUT2D eigenvalue weighted by molar-refractivity contribution is 7.98. The average molecular weight is 344 g/mol. The third-order valence-corrected chi connectivity index (χ3v) is 3.64. The molecule has 124 valence electrons. The van der Waals surface area contributed by atoms with Gasteiger partial charge in [0.25, 0.3) is 5.91 Å². The first-order valence-electron chi connectivity index (χ1n) is 6.92. The number of hydrogen-bond acceptors (Lipinski definition) is 6. The van der Waals surface area contributed by atoms with E-state index in [0.717, 1.165) is 6.20 Å². The molecule has 1 amide bonds. The number of thioether (sulfide) groups is 1. The minimum atomic E-state index is -1.16. The van der Waals surface area contributed by atoms with Gasteiger partial charge in [0.2, 0.25) is 0 Å². The molecule has 7 nitrogen and oxygen atoms in total. The quantitative estimate of drug-likeness (QED) is 0.484. The number of carboxylic acid groups (broad SMARTS) is 1. The van der Waals surface area contributed by atoms with Crippen LogP contribution in [0, 0.1) is 22.7 Å². The van der Waals surface area contributed by atoms with Gasteiger partial charge in [-0.3, -0.25) is 4.79 Å². The van der Waals surface area contributed by atoms with Crippen molar-refractivity contribution in [2.24, 2.45) is 0 Å². The Balaban J connectivity index is 2.84. The van der Waals surface area contributed by atoms with Gasteiger partial charge < -0.3 is 15.7 Å². The number of nitrogens with one attached hydrogen (secondary N) is 2. The minimum absolute atomic E-state index is 0.256. The third-order valence-electron chi connectivity index (χ3n) is 3.00. The van der Waals surface area contributed by atoms with Crippen LogP contribution >= 0.6 is 11.8 Å². The zero-order valence-corrected chi connectivity index (χ0v) is 13.8. The molecule has 1 atom stereocenters. The smallest absolute Gasteiger partial charge is 0.326 e. The van der Waals surface area contributed by atoms with Crippen molar-refractivity contribution in [1.82, 2.24) is 5.32 Å². The lowest BCUT2D eigenvalue weighted by atomic mass is 10.2. The molecule has 1 unspecified atom stereocenters. The Hall–Kier alpha value is -2.97. The molecule has 8 heteroatoms. The number of para-hydroxylation sites is 1. The van der Waals surface area contributed by atoms with Crippen molar-refractivity contribution in [3.8, 4) is 12.1 Å². The molecule has 0 aromatic heterocycles. The molecule has 0 bridgehead atoms. The third kappa shape index (κ3) is 5.67. The Morgan fingerprint density at radius 1 is 1.38 bits per heavy atom. The number of carboxylic acids is 1. The average Bonchev–Trinajstić information content (AvgIpc) is 2.59. The van der Waals surface area contributed by atoms with E-state index in [0.29, 0.717) is 17.0 Å². The van der Waals surface area contributed by atoms with Crippen LogP contribution < -0.4 is 10.6 Å². The van der Waals surface area contributed by atoms with Gasteiger partial charge in [0, 0.05) is 6.20 Å². The number of rotatable bonds is 8. The summed E-state index contributed by atoms with van der Waals surface area (Å²) in [5.74, 6) is -1.37. The van der Waals surface area contributed by atoms with Gasteiger partial charge in [-0.1, -0.05) is 12.1 Å². The summed E-state index contributed by atoms with van der Waals surface area (Å²) in [5, 5.41) is 32.2. The number of nitriles is 2. The summed E-state index contributed by atoms with van der Waals surface area (Å²) in [6.07, 6.45) is 3.24. The Bertz CT molecular complexity index is 719. The predicted molar refractivity (Wildman–Crippen MR) is 91.0 cm³/mol. The van der Waals surface area contributed by atoms with Crippen LogP contribution in [0.4, 0.5) is 5.69 Å². The lowest BCUT2D eigenvalue weighted by molar-refractivity contribution is -0.141. The highest BCUT2D eigenvalue weighted by Gasteiger charge is 2.21. The van der Waals surface area contributed by atoms with Crippen LogP contribution in [0.15, 0.2) is 36.0 Å². The van der Waals surface area contributed by atoms with Gasteiger partial charge in [0.15, 0.2) is 0 Å². The van der Waals surface area contributed by atoms with Crippen LogP contribution in [0.1, 0.15) is 12.0 Å². The van der Waals surface area contributed by atoms with E-state index in [1.165, 1.54) is 11.8 Å². The fraction of sp³-hybridized carbons (Fsp3) is 0.250. The Morgan fingerprint density at radius 3 is 2.67 bits per heavy atom. The van der Waals surface area contributed by atoms with E-state index in [4.69, 9.17) is 15.6 Å². The fourth-order valence-corrected chi connectivity index (χ4v) is 2.21.